The van der Waals surface area contributed by atoms with E-state index in [0.717, 1.165) is 32.0 Å². The summed E-state index contributed by atoms with van der Waals surface area (Å²) in [5, 5.41) is 3.19. The Bertz CT molecular complexity index is 360. The van der Waals surface area contributed by atoms with Crippen LogP contribution in [0.2, 0.25) is 0 Å². The number of hydrogen-bond donors (Lipinski definition) is 2. The molecule has 86 valence electrons. The molecule has 0 amide bonds. The van der Waals surface area contributed by atoms with Crippen molar-refractivity contribution in [1.29, 1.82) is 0 Å². The highest BCUT2D eigenvalue weighted by Gasteiger charge is 2.10. The average molecular weight is 237 g/mol. The van der Waals surface area contributed by atoms with Gasteiger partial charge in [-0.3, -0.25) is 0 Å². The van der Waals surface area contributed by atoms with Crippen molar-refractivity contribution >= 4 is 28.7 Å². The fraction of sp³-hybridized carbons (Fsp3) is 0.364. The minimum Gasteiger partial charge on any atom is -0.378 e. The molecule has 1 aliphatic heterocycles. The fourth-order valence-electron chi connectivity index (χ4n) is 1.72. The summed E-state index contributed by atoms with van der Waals surface area (Å²) in [5.74, 6) is 0. The Balaban J connectivity index is 2.03. The zero-order valence-corrected chi connectivity index (χ0v) is 9.80. The highest BCUT2D eigenvalue weighted by molar-refractivity contribution is 7.80. The molecule has 2 rings (SSSR count). The second-order valence-electron chi connectivity index (χ2n) is 3.64. The molecule has 3 N–H and O–H groups in total. The molecule has 0 aromatic heterocycles. The van der Waals surface area contributed by atoms with E-state index in [1.54, 1.807) is 0 Å². The van der Waals surface area contributed by atoms with E-state index in [4.69, 9.17) is 22.7 Å². The normalized spacial score (nSPS) is 15.9. The monoisotopic (exact) mass is 237 g/mol. The lowest BCUT2D eigenvalue weighted by atomic mass is 10.2. The van der Waals surface area contributed by atoms with E-state index in [1.165, 1.54) is 5.69 Å². The first kappa shape index (κ1) is 11.2. The van der Waals surface area contributed by atoms with Gasteiger partial charge in [0, 0.05) is 24.5 Å². The van der Waals surface area contributed by atoms with Crippen LogP contribution in [0.4, 0.5) is 11.4 Å². The van der Waals surface area contributed by atoms with E-state index in [0.29, 0.717) is 5.11 Å². The first-order valence-electron chi connectivity index (χ1n) is 5.25. The van der Waals surface area contributed by atoms with Gasteiger partial charge in [-0.25, -0.2) is 0 Å². The lowest BCUT2D eigenvalue weighted by Gasteiger charge is -2.28. The number of nitrogens with two attached hydrogens (primary N) is 1. The molecule has 1 heterocycles. The summed E-state index contributed by atoms with van der Waals surface area (Å²) < 4.78 is 5.31. The lowest BCUT2D eigenvalue weighted by Crippen LogP contribution is -2.36. The smallest absolute Gasteiger partial charge is 0.168 e. The molecule has 4 nitrogen and oxygen atoms in total. The predicted octanol–water partition coefficient (Wildman–Crippen LogP) is 1.18. The summed E-state index contributed by atoms with van der Waals surface area (Å²) in [6.45, 7) is 3.49. The van der Waals surface area contributed by atoms with Crippen LogP contribution in [0, 0.1) is 0 Å². The van der Waals surface area contributed by atoms with Crippen LogP contribution in [0.1, 0.15) is 0 Å². The Morgan fingerprint density at radius 2 is 1.88 bits per heavy atom. The highest BCUT2D eigenvalue weighted by Crippen LogP contribution is 2.18. The van der Waals surface area contributed by atoms with Crippen LogP contribution in [0.5, 0.6) is 0 Å². The summed E-state index contributed by atoms with van der Waals surface area (Å²) >= 11 is 4.78. The van der Waals surface area contributed by atoms with E-state index in [-0.39, 0.29) is 0 Å². The van der Waals surface area contributed by atoms with Gasteiger partial charge in [0.05, 0.1) is 13.2 Å². The van der Waals surface area contributed by atoms with Gasteiger partial charge in [-0.05, 0) is 36.5 Å². The Kier molecular flexibility index (Phi) is 3.58. The van der Waals surface area contributed by atoms with Crippen molar-refractivity contribution in [2.75, 3.05) is 36.5 Å². The van der Waals surface area contributed by atoms with Gasteiger partial charge in [0.25, 0.3) is 0 Å². The van der Waals surface area contributed by atoms with Gasteiger partial charge in [-0.2, -0.15) is 0 Å². The van der Waals surface area contributed by atoms with E-state index in [1.807, 2.05) is 12.1 Å². The molecule has 0 unspecified atom stereocenters. The molecule has 1 saturated heterocycles. The van der Waals surface area contributed by atoms with Crippen LogP contribution in [0.15, 0.2) is 24.3 Å². The maximum Gasteiger partial charge on any atom is 0.168 e. The summed E-state index contributed by atoms with van der Waals surface area (Å²) in [4.78, 5) is 2.30. The van der Waals surface area contributed by atoms with Crippen LogP contribution >= 0.6 is 12.2 Å². The van der Waals surface area contributed by atoms with Gasteiger partial charge in [-0.15, -0.1) is 0 Å². The maximum absolute atomic E-state index is 5.40. The predicted molar refractivity (Wildman–Crippen MR) is 69.9 cm³/mol. The molecule has 16 heavy (non-hydrogen) atoms. The lowest BCUT2D eigenvalue weighted by molar-refractivity contribution is 0.122. The topological polar surface area (TPSA) is 50.5 Å². The van der Waals surface area contributed by atoms with Crippen molar-refractivity contribution in [2.45, 2.75) is 0 Å². The fourth-order valence-corrected chi connectivity index (χ4v) is 1.84. The Morgan fingerprint density at radius 3 is 2.44 bits per heavy atom. The number of benzene rings is 1. The van der Waals surface area contributed by atoms with Gasteiger partial charge < -0.3 is 20.7 Å². The van der Waals surface area contributed by atoms with Crippen LogP contribution in [-0.2, 0) is 4.74 Å². The molecule has 0 radical (unpaired) electrons. The third-order valence-corrected chi connectivity index (χ3v) is 2.61. The van der Waals surface area contributed by atoms with E-state index in [9.17, 15) is 0 Å². The molecule has 0 saturated carbocycles. The number of ether oxygens (including phenoxy) is 1. The first-order valence-corrected chi connectivity index (χ1v) is 5.66. The minimum absolute atomic E-state index is 0.291. The number of nitrogens with one attached hydrogen (secondary N) is 1. The zero-order valence-electron chi connectivity index (χ0n) is 8.98. The van der Waals surface area contributed by atoms with Crippen LogP contribution in [0.3, 0.4) is 0 Å². The molecule has 1 aromatic rings. The van der Waals surface area contributed by atoms with Crippen molar-refractivity contribution in [3.8, 4) is 0 Å². The number of morpholine rings is 1. The number of anilines is 2. The summed E-state index contributed by atoms with van der Waals surface area (Å²) in [5.41, 5.74) is 7.52. The van der Waals surface area contributed by atoms with Gasteiger partial charge in [0.2, 0.25) is 0 Å². The Hall–Kier alpha value is -1.33. The third-order valence-electron chi connectivity index (χ3n) is 2.51. The number of thiocarbonyl (C=S) groups is 1. The SMILES string of the molecule is NC(=S)Nc1ccc(N2CCOCC2)cc1. The van der Waals surface area contributed by atoms with E-state index >= 15 is 0 Å². The second kappa shape index (κ2) is 5.14. The van der Waals surface area contributed by atoms with Crippen LogP contribution < -0.4 is 16.0 Å². The van der Waals surface area contributed by atoms with Crippen LogP contribution in [-0.4, -0.2) is 31.4 Å². The van der Waals surface area contributed by atoms with Crippen molar-refractivity contribution < 1.29 is 4.74 Å². The van der Waals surface area contributed by atoms with Crippen molar-refractivity contribution in [2.24, 2.45) is 5.73 Å². The van der Waals surface area contributed by atoms with Crippen molar-refractivity contribution in [1.82, 2.24) is 0 Å². The summed E-state index contributed by atoms with van der Waals surface area (Å²) in [7, 11) is 0. The molecular weight excluding hydrogens is 222 g/mol. The molecular formula is C11H15N3OS. The molecule has 1 aliphatic rings. The van der Waals surface area contributed by atoms with Crippen LogP contribution in [0.25, 0.3) is 0 Å². The number of hydrogen-bond acceptors (Lipinski definition) is 3. The highest BCUT2D eigenvalue weighted by atomic mass is 32.1. The second-order valence-corrected chi connectivity index (χ2v) is 4.08. The quantitative estimate of drug-likeness (QED) is 0.756. The van der Waals surface area contributed by atoms with Gasteiger partial charge in [0.15, 0.2) is 5.11 Å². The van der Waals surface area contributed by atoms with Gasteiger partial charge in [0.1, 0.15) is 0 Å². The standard InChI is InChI=1S/C11H15N3OS/c12-11(16)13-9-1-3-10(4-2-9)14-5-7-15-8-6-14/h1-4H,5-8H2,(H3,12,13,16). The molecule has 1 aromatic carbocycles. The molecule has 0 bridgehead atoms. The maximum atomic E-state index is 5.40. The molecule has 0 atom stereocenters. The summed E-state index contributed by atoms with van der Waals surface area (Å²) in [6, 6.07) is 8.08. The first-order chi connectivity index (χ1) is 7.75. The van der Waals surface area contributed by atoms with Gasteiger partial charge >= 0.3 is 0 Å². The summed E-state index contributed by atoms with van der Waals surface area (Å²) in [6.07, 6.45) is 0. The average Bonchev–Trinajstić information content (AvgIpc) is 2.30. The number of rotatable bonds is 2. The van der Waals surface area contributed by atoms with E-state index in [2.05, 4.69) is 22.3 Å². The molecule has 0 aliphatic carbocycles. The zero-order chi connectivity index (χ0) is 11.4. The van der Waals surface area contributed by atoms with Crippen molar-refractivity contribution in [3.05, 3.63) is 24.3 Å². The molecule has 1 fully saturated rings. The Labute approximate surface area is 100 Å². The third kappa shape index (κ3) is 2.84. The molecule has 0 spiro atoms. The largest absolute Gasteiger partial charge is 0.378 e. The number of nitrogens with zero attached hydrogens (tertiary/aromatic N) is 1. The minimum atomic E-state index is 0.291. The van der Waals surface area contributed by atoms with E-state index < -0.39 is 0 Å². The van der Waals surface area contributed by atoms with Gasteiger partial charge in [-0.1, -0.05) is 0 Å². The Morgan fingerprint density at radius 1 is 1.25 bits per heavy atom. The van der Waals surface area contributed by atoms with Crippen molar-refractivity contribution in [3.63, 3.8) is 0 Å². The molecule has 5 heteroatoms.